The molecule has 37 heavy (non-hydrogen) atoms. The first kappa shape index (κ1) is 24.8. The number of halogens is 2. The molecule has 2 aromatic carbocycles. The first-order chi connectivity index (χ1) is 17.7. The van der Waals surface area contributed by atoms with Gasteiger partial charge in [0.2, 0.25) is 0 Å². The van der Waals surface area contributed by atoms with Gasteiger partial charge in [-0.05, 0) is 67.4 Å². The van der Waals surface area contributed by atoms with E-state index in [1.165, 1.54) is 18.2 Å². The van der Waals surface area contributed by atoms with Crippen LogP contribution in [0.5, 0.6) is 0 Å². The van der Waals surface area contributed by atoms with Crippen molar-refractivity contribution in [3.8, 4) is 22.4 Å². The van der Waals surface area contributed by atoms with E-state index in [1.807, 2.05) is 6.07 Å². The van der Waals surface area contributed by atoms with Gasteiger partial charge in [-0.15, -0.1) is 0 Å². The molecule has 2 aromatic heterocycles. The molecule has 0 unspecified atom stereocenters. The van der Waals surface area contributed by atoms with Crippen LogP contribution in [-0.4, -0.2) is 52.9 Å². The molecule has 1 fully saturated rings. The Balaban J connectivity index is 1.73. The largest absolute Gasteiger partial charge is 0.364 e. The van der Waals surface area contributed by atoms with E-state index in [2.05, 4.69) is 15.3 Å². The van der Waals surface area contributed by atoms with Gasteiger partial charge in [-0.25, -0.2) is 9.37 Å². The number of hydrogen-bond acceptors (Lipinski definition) is 5. The number of benzene rings is 2. The lowest BCUT2D eigenvalue weighted by atomic mass is 9.94. The molecule has 3 N–H and O–H groups in total. The van der Waals surface area contributed by atoms with Crippen molar-refractivity contribution in [2.24, 2.45) is 5.73 Å². The summed E-state index contributed by atoms with van der Waals surface area (Å²) >= 11 is 6.43. The third-order valence-electron chi connectivity index (χ3n) is 6.57. The second kappa shape index (κ2) is 9.88. The molecule has 5 rings (SSSR count). The molecule has 0 saturated carbocycles. The maximum absolute atomic E-state index is 14.4. The second-order valence-corrected chi connectivity index (χ2v) is 9.72. The number of likely N-dealkylation sites (N-methyl/N-ethyl adjacent to an activating group) is 1. The molecule has 1 aliphatic heterocycles. The number of nitrogens with zero attached hydrogens (tertiary/aromatic N) is 3. The average Bonchev–Trinajstić information content (AvgIpc) is 2.84. The minimum absolute atomic E-state index is 0.0747. The summed E-state index contributed by atoms with van der Waals surface area (Å²) in [6.07, 6.45) is 2.60. The first-order valence-corrected chi connectivity index (χ1v) is 12.2. The highest BCUT2D eigenvalue weighted by atomic mass is 35.5. The Kier molecular flexibility index (Phi) is 6.62. The standard InChI is InChI=1S/C28H25ClFN5O2/c1-15-9-17(11-18(30)10-15)21-13-33-23-5-3-16(26-22(29)4-6-24(34-26)27(31)36)12-20(23)25(21)28(37)35(2)14-19-7-8-32-19/h3-6,9-13,19,32H,7-8,14H2,1-2H3,(H2,31,36)/t19-/m0/s1. The number of carbonyl (C=O) groups is 2. The number of nitrogens with one attached hydrogen (secondary N) is 1. The number of amides is 2. The van der Waals surface area contributed by atoms with Gasteiger partial charge < -0.3 is 16.0 Å². The van der Waals surface area contributed by atoms with Crippen molar-refractivity contribution in [3.05, 3.63) is 82.4 Å². The van der Waals surface area contributed by atoms with Crippen molar-refractivity contribution in [3.63, 3.8) is 0 Å². The zero-order valence-electron chi connectivity index (χ0n) is 20.4. The van der Waals surface area contributed by atoms with Gasteiger partial charge in [-0.3, -0.25) is 14.6 Å². The number of aryl methyl sites for hydroxylation is 1. The van der Waals surface area contributed by atoms with E-state index in [-0.39, 0.29) is 17.6 Å². The summed E-state index contributed by atoms with van der Waals surface area (Å²) in [6.45, 7) is 3.27. The van der Waals surface area contributed by atoms with Crippen molar-refractivity contribution >= 4 is 34.3 Å². The Morgan fingerprint density at radius 3 is 2.62 bits per heavy atom. The zero-order chi connectivity index (χ0) is 26.3. The summed E-state index contributed by atoms with van der Waals surface area (Å²) in [4.78, 5) is 36.2. The third kappa shape index (κ3) is 4.90. The van der Waals surface area contributed by atoms with E-state index in [0.29, 0.717) is 50.4 Å². The molecule has 1 aliphatic rings. The van der Waals surface area contributed by atoms with Crippen LogP contribution < -0.4 is 11.1 Å². The smallest absolute Gasteiger partial charge is 0.267 e. The van der Waals surface area contributed by atoms with Crippen LogP contribution in [0.3, 0.4) is 0 Å². The van der Waals surface area contributed by atoms with E-state index >= 15 is 0 Å². The van der Waals surface area contributed by atoms with Gasteiger partial charge in [-0.2, -0.15) is 0 Å². The quantitative estimate of drug-likeness (QED) is 0.389. The molecule has 1 atom stereocenters. The van der Waals surface area contributed by atoms with Crippen LogP contribution in [0.25, 0.3) is 33.3 Å². The lowest BCUT2D eigenvalue weighted by Crippen LogP contribution is -2.50. The van der Waals surface area contributed by atoms with Crippen LogP contribution in [0.1, 0.15) is 32.8 Å². The average molecular weight is 518 g/mol. The summed E-state index contributed by atoms with van der Waals surface area (Å²) in [5, 5.41) is 4.21. The van der Waals surface area contributed by atoms with E-state index in [4.69, 9.17) is 17.3 Å². The molecule has 188 valence electrons. The van der Waals surface area contributed by atoms with Crippen molar-refractivity contribution in [2.75, 3.05) is 20.1 Å². The van der Waals surface area contributed by atoms with Crippen LogP contribution in [0, 0.1) is 12.7 Å². The van der Waals surface area contributed by atoms with Gasteiger partial charge in [-0.1, -0.05) is 23.7 Å². The SMILES string of the molecule is Cc1cc(F)cc(-c2cnc3ccc(-c4nc(C(N)=O)ccc4Cl)cc3c2C(=O)N(C)C[C@@H]2CCN2)c1. The van der Waals surface area contributed by atoms with Crippen LogP contribution in [0.2, 0.25) is 5.02 Å². The summed E-state index contributed by atoms with van der Waals surface area (Å²) in [5.74, 6) is -1.28. The van der Waals surface area contributed by atoms with E-state index in [1.54, 1.807) is 49.3 Å². The molecule has 4 aromatic rings. The summed E-state index contributed by atoms with van der Waals surface area (Å²) < 4.78 is 14.4. The fourth-order valence-electron chi connectivity index (χ4n) is 4.57. The topological polar surface area (TPSA) is 101 Å². The molecule has 0 radical (unpaired) electrons. The number of aromatic nitrogens is 2. The maximum Gasteiger partial charge on any atom is 0.267 e. The van der Waals surface area contributed by atoms with Gasteiger partial charge in [0, 0.05) is 42.3 Å². The summed E-state index contributed by atoms with van der Waals surface area (Å²) in [6, 6.07) is 13.2. The van der Waals surface area contributed by atoms with Crippen LogP contribution in [0.4, 0.5) is 4.39 Å². The number of rotatable bonds is 6. The number of pyridine rings is 2. The summed E-state index contributed by atoms with van der Waals surface area (Å²) in [5.41, 5.74) is 9.25. The van der Waals surface area contributed by atoms with Crippen molar-refractivity contribution in [1.29, 1.82) is 0 Å². The Hall–Kier alpha value is -3.88. The molecule has 9 heteroatoms. The molecule has 0 spiro atoms. The normalized spacial score (nSPS) is 14.9. The second-order valence-electron chi connectivity index (χ2n) is 9.31. The highest BCUT2D eigenvalue weighted by Crippen LogP contribution is 2.35. The number of fused-ring (bicyclic) bond motifs is 1. The maximum atomic E-state index is 14.4. The number of carbonyl (C=O) groups excluding carboxylic acids is 2. The summed E-state index contributed by atoms with van der Waals surface area (Å²) in [7, 11) is 1.76. The Bertz CT molecular complexity index is 1530. The minimum atomic E-state index is -0.675. The molecule has 7 nitrogen and oxygen atoms in total. The number of hydrogen-bond donors (Lipinski definition) is 2. The van der Waals surface area contributed by atoms with Crippen LogP contribution >= 0.6 is 11.6 Å². The molecule has 0 bridgehead atoms. The lowest BCUT2D eigenvalue weighted by Gasteiger charge is -2.32. The molecule has 0 aliphatic carbocycles. The highest BCUT2D eigenvalue weighted by molar-refractivity contribution is 6.33. The van der Waals surface area contributed by atoms with Gasteiger partial charge in [0.1, 0.15) is 11.5 Å². The lowest BCUT2D eigenvalue weighted by molar-refractivity contribution is 0.0769. The number of primary amides is 1. The zero-order valence-corrected chi connectivity index (χ0v) is 21.1. The predicted octanol–water partition coefficient (Wildman–Crippen LogP) is 4.60. The number of nitrogens with two attached hydrogens (primary N) is 1. The van der Waals surface area contributed by atoms with Crippen molar-refractivity contribution in [1.82, 2.24) is 20.2 Å². The molecule has 2 amide bonds. The first-order valence-electron chi connectivity index (χ1n) is 11.9. The van der Waals surface area contributed by atoms with Gasteiger partial charge >= 0.3 is 0 Å². The van der Waals surface area contributed by atoms with E-state index in [0.717, 1.165) is 18.5 Å². The fourth-order valence-corrected chi connectivity index (χ4v) is 4.79. The van der Waals surface area contributed by atoms with Crippen LogP contribution in [0.15, 0.2) is 54.7 Å². The van der Waals surface area contributed by atoms with Gasteiger partial charge in [0.25, 0.3) is 11.8 Å². The Morgan fingerprint density at radius 1 is 1.16 bits per heavy atom. The molecular formula is C28H25ClFN5O2. The van der Waals surface area contributed by atoms with E-state index < -0.39 is 11.7 Å². The molecule has 1 saturated heterocycles. The third-order valence-corrected chi connectivity index (χ3v) is 6.88. The molecular weight excluding hydrogens is 493 g/mol. The van der Waals surface area contributed by atoms with Gasteiger partial charge in [0.05, 0.1) is 21.8 Å². The fraction of sp³-hybridized carbons (Fsp3) is 0.214. The van der Waals surface area contributed by atoms with Crippen molar-refractivity contribution in [2.45, 2.75) is 19.4 Å². The van der Waals surface area contributed by atoms with Gasteiger partial charge in [0.15, 0.2) is 0 Å². The monoisotopic (exact) mass is 517 g/mol. The predicted molar refractivity (Wildman–Crippen MR) is 142 cm³/mol. The Morgan fingerprint density at radius 2 is 1.95 bits per heavy atom. The van der Waals surface area contributed by atoms with E-state index in [9.17, 15) is 14.0 Å². The molecule has 3 heterocycles. The van der Waals surface area contributed by atoms with Crippen LogP contribution in [-0.2, 0) is 0 Å². The highest BCUT2D eigenvalue weighted by Gasteiger charge is 2.26. The Labute approximate surface area is 218 Å². The minimum Gasteiger partial charge on any atom is -0.364 e. The van der Waals surface area contributed by atoms with Crippen molar-refractivity contribution < 1.29 is 14.0 Å².